The van der Waals surface area contributed by atoms with Crippen molar-refractivity contribution in [3.63, 3.8) is 0 Å². The summed E-state index contributed by atoms with van der Waals surface area (Å²) in [7, 11) is 3.29. The van der Waals surface area contributed by atoms with Gasteiger partial charge >= 0.3 is 5.97 Å². The molecule has 0 fully saturated rings. The summed E-state index contributed by atoms with van der Waals surface area (Å²) in [6, 6.07) is 4.87. The van der Waals surface area contributed by atoms with Gasteiger partial charge in [0.25, 0.3) is 0 Å². The van der Waals surface area contributed by atoms with Gasteiger partial charge in [0.15, 0.2) is 0 Å². The van der Waals surface area contributed by atoms with Gasteiger partial charge in [-0.3, -0.25) is 0 Å². The molecule has 1 aromatic rings. The van der Waals surface area contributed by atoms with E-state index in [1.165, 1.54) is 0 Å². The zero-order valence-corrected chi connectivity index (χ0v) is 11.0. The van der Waals surface area contributed by atoms with Gasteiger partial charge in [-0.05, 0) is 25.1 Å². The van der Waals surface area contributed by atoms with Crippen LogP contribution in [0, 0.1) is 0 Å². The first kappa shape index (κ1) is 12.8. The number of rotatable bonds is 4. The minimum atomic E-state index is -0.871. The number of nitrogens with zero attached hydrogens (tertiary/aromatic N) is 1. The van der Waals surface area contributed by atoms with Gasteiger partial charge in [-0.1, -0.05) is 15.9 Å². The fourth-order valence-corrected chi connectivity index (χ4v) is 1.66. The van der Waals surface area contributed by atoms with Crippen molar-refractivity contribution in [2.75, 3.05) is 19.1 Å². The van der Waals surface area contributed by atoms with Crippen LogP contribution in [-0.4, -0.2) is 31.3 Å². The van der Waals surface area contributed by atoms with Gasteiger partial charge in [-0.2, -0.15) is 0 Å². The first-order valence-electron chi connectivity index (χ1n) is 4.76. The molecule has 0 heterocycles. The average Bonchev–Trinajstić information content (AvgIpc) is 2.26. The Bertz CT molecular complexity index is 395. The maximum absolute atomic E-state index is 10.9. The van der Waals surface area contributed by atoms with Crippen LogP contribution in [0.25, 0.3) is 0 Å². The monoisotopic (exact) mass is 287 g/mol. The third kappa shape index (κ3) is 2.66. The van der Waals surface area contributed by atoms with Crippen LogP contribution in [0.15, 0.2) is 22.7 Å². The number of benzene rings is 1. The van der Waals surface area contributed by atoms with Crippen LogP contribution in [0.5, 0.6) is 5.75 Å². The highest BCUT2D eigenvalue weighted by Gasteiger charge is 2.20. The predicted octanol–water partition coefficient (Wildman–Crippen LogP) is 2.37. The number of carbonyl (C=O) groups is 1. The van der Waals surface area contributed by atoms with E-state index in [4.69, 9.17) is 9.84 Å². The number of anilines is 1. The molecule has 5 heteroatoms. The number of halogens is 1. The molecule has 0 aromatic heterocycles. The number of carboxylic acids is 1. The highest BCUT2D eigenvalue weighted by molar-refractivity contribution is 9.10. The van der Waals surface area contributed by atoms with Gasteiger partial charge in [-0.25, -0.2) is 4.79 Å². The lowest BCUT2D eigenvalue weighted by atomic mass is 10.2. The maximum atomic E-state index is 10.9. The summed E-state index contributed by atoms with van der Waals surface area (Å²) in [6.07, 6.45) is 0. The van der Waals surface area contributed by atoms with Gasteiger partial charge in [0.1, 0.15) is 11.8 Å². The number of aliphatic carboxylic acids is 1. The molecule has 0 bridgehead atoms. The normalized spacial score (nSPS) is 12.0. The van der Waals surface area contributed by atoms with Crippen molar-refractivity contribution in [1.29, 1.82) is 0 Å². The van der Waals surface area contributed by atoms with Gasteiger partial charge in [-0.15, -0.1) is 0 Å². The van der Waals surface area contributed by atoms with Gasteiger partial charge in [0.2, 0.25) is 0 Å². The van der Waals surface area contributed by atoms with E-state index in [9.17, 15) is 4.79 Å². The zero-order chi connectivity index (χ0) is 12.3. The summed E-state index contributed by atoms with van der Waals surface area (Å²) in [5.41, 5.74) is 0.742. The number of likely N-dealkylation sites (N-methyl/N-ethyl adjacent to an activating group) is 1. The van der Waals surface area contributed by atoms with Crippen molar-refractivity contribution in [3.8, 4) is 5.75 Å². The molecule has 0 saturated carbocycles. The number of methoxy groups -OCH3 is 1. The largest absolute Gasteiger partial charge is 0.495 e. The Morgan fingerprint density at radius 3 is 2.69 bits per heavy atom. The topological polar surface area (TPSA) is 49.8 Å². The van der Waals surface area contributed by atoms with E-state index in [2.05, 4.69) is 15.9 Å². The van der Waals surface area contributed by atoms with Crippen molar-refractivity contribution in [3.05, 3.63) is 22.7 Å². The van der Waals surface area contributed by atoms with Crippen molar-refractivity contribution in [2.45, 2.75) is 13.0 Å². The minimum absolute atomic E-state index is 0.608. The van der Waals surface area contributed by atoms with Crippen molar-refractivity contribution in [2.24, 2.45) is 0 Å². The van der Waals surface area contributed by atoms with E-state index < -0.39 is 12.0 Å². The summed E-state index contributed by atoms with van der Waals surface area (Å²) in [6.45, 7) is 1.63. The standard InChI is InChI=1S/C11H14BrNO3/c1-7(11(14)15)13(2)9-6-8(12)4-5-10(9)16-3/h4-7H,1-3H3,(H,14,15). The number of carboxylic acid groups (broad SMARTS) is 1. The maximum Gasteiger partial charge on any atom is 0.326 e. The molecule has 1 atom stereocenters. The molecule has 1 aromatic carbocycles. The SMILES string of the molecule is COc1ccc(Br)cc1N(C)C(C)C(=O)O. The molecule has 1 unspecified atom stereocenters. The first-order chi connectivity index (χ1) is 7.47. The molecule has 0 aliphatic heterocycles. The second-order valence-corrected chi connectivity index (χ2v) is 4.36. The van der Waals surface area contributed by atoms with E-state index >= 15 is 0 Å². The molecular formula is C11H14BrNO3. The summed E-state index contributed by atoms with van der Waals surface area (Å²) in [5, 5.41) is 8.95. The molecule has 0 aliphatic rings. The molecule has 88 valence electrons. The van der Waals surface area contributed by atoms with E-state index in [1.807, 2.05) is 12.1 Å². The molecular weight excluding hydrogens is 274 g/mol. The van der Waals surface area contributed by atoms with E-state index in [0.29, 0.717) is 5.75 Å². The van der Waals surface area contributed by atoms with Gasteiger partial charge in [0, 0.05) is 11.5 Å². The quantitative estimate of drug-likeness (QED) is 0.924. The highest BCUT2D eigenvalue weighted by Crippen LogP contribution is 2.31. The Kier molecular flexibility index (Phi) is 4.18. The highest BCUT2D eigenvalue weighted by atomic mass is 79.9. The van der Waals surface area contributed by atoms with Crippen molar-refractivity contribution >= 4 is 27.6 Å². The third-order valence-corrected chi connectivity index (χ3v) is 2.95. The van der Waals surface area contributed by atoms with Crippen LogP contribution in [0.2, 0.25) is 0 Å². The number of hydrogen-bond donors (Lipinski definition) is 1. The molecule has 16 heavy (non-hydrogen) atoms. The van der Waals surface area contributed by atoms with Crippen LogP contribution in [-0.2, 0) is 4.79 Å². The molecule has 4 nitrogen and oxygen atoms in total. The van der Waals surface area contributed by atoms with Gasteiger partial charge < -0.3 is 14.7 Å². The second kappa shape index (κ2) is 5.21. The van der Waals surface area contributed by atoms with Crippen LogP contribution in [0.1, 0.15) is 6.92 Å². The Morgan fingerprint density at radius 1 is 1.56 bits per heavy atom. The van der Waals surface area contributed by atoms with Crippen LogP contribution < -0.4 is 9.64 Å². The number of hydrogen-bond acceptors (Lipinski definition) is 3. The van der Waals surface area contributed by atoms with Crippen molar-refractivity contribution in [1.82, 2.24) is 0 Å². The van der Waals surface area contributed by atoms with E-state index in [1.54, 1.807) is 32.0 Å². The molecule has 1 rings (SSSR count). The lowest BCUT2D eigenvalue weighted by Gasteiger charge is -2.25. The van der Waals surface area contributed by atoms with Crippen LogP contribution in [0.3, 0.4) is 0 Å². The van der Waals surface area contributed by atoms with Crippen molar-refractivity contribution < 1.29 is 14.6 Å². The smallest absolute Gasteiger partial charge is 0.326 e. The Labute approximate surface area is 103 Å². The zero-order valence-electron chi connectivity index (χ0n) is 9.40. The molecule has 0 spiro atoms. The summed E-state index contributed by atoms with van der Waals surface area (Å²) >= 11 is 3.35. The van der Waals surface area contributed by atoms with Crippen LogP contribution in [0.4, 0.5) is 5.69 Å². The fraction of sp³-hybridized carbons (Fsp3) is 0.364. The van der Waals surface area contributed by atoms with E-state index in [-0.39, 0.29) is 0 Å². The molecule has 1 N–H and O–H groups in total. The van der Waals surface area contributed by atoms with Gasteiger partial charge in [0.05, 0.1) is 12.8 Å². The summed E-state index contributed by atoms with van der Waals surface area (Å²) in [5.74, 6) is -0.219. The molecule has 0 amide bonds. The lowest BCUT2D eigenvalue weighted by molar-refractivity contribution is -0.138. The Balaban J connectivity index is 3.10. The second-order valence-electron chi connectivity index (χ2n) is 3.44. The summed E-state index contributed by atoms with van der Waals surface area (Å²) < 4.78 is 6.08. The molecule has 0 aliphatic carbocycles. The van der Waals surface area contributed by atoms with E-state index in [0.717, 1.165) is 10.2 Å². The Hall–Kier alpha value is -1.23. The predicted molar refractivity (Wildman–Crippen MR) is 66.2 cm³/mol. The first-order valence-corrected chi connectivity index (χ1v) is 5.56. The van der Waals surface area contributed by atoms with Crippen LogP contribution >= 0.6 is 15.9 Å². The number of ether oxygens (including phenoxy) is 1. The average molecular weight is 288 g/mol. The lowest BCUT2D eigenvalue weighted by Crippen LogP contribution is -2.35. The molecule has 0 saturated heterocycles. The third-order valence-electron chi connectivity index (χ3n) is 2.46. The fourth-order valence-electron chi connectivity index (χ4n) is 1.31. The minimum Gasteiger partial charge on any atom is -0.495 e. The Morgan fingerprint density at radius 2 is 2.19 bits per heavy atom. The summed E-state index contributed by atoms with van der Waals surface area (Å²) in [4.78, 5) is 12.6. The molecule has 0 radical (unpaired) electrons.